The molecule has 5 rings (SSSR count). The van der Waals surface area contributed by atoms with Gasteiger partial charge in [-0.1, -0.05) is 78.9 Å². The smallest absolute Gasteiger partial charge is 0.395 e. The lowest BCUT2D eigenvalue weighted by molar-refractivity contribution is 0.212. The number of phosphoric acid groups is 3. The predicted molar refractivity (Wildman–Crippen MR) is 198 cm³/mol. The minimum atomic E-state index is -4.37. The van der Waals surface area contributed by atoms with Gasteiger partial charge in [0.05, 0.1) is 0 Å². The summed E-state index contributed by atoms with van der Waals surface area (Å²) in [5.74, 6) is 0.689. The summed E-state index contributed by atoms with van der Waals surface area (Å²) in [6, 6.07) is 35.5. The van der Waals surface area contributed by atoms with Gasteiger partial charge in [0.2, 0.25) is 0 Å². The fourth-order valence-electron chi connectivity index (χ4n) is 4.33. The molecule has 0 aliphatic carbocycles. The third kappa shape index (κ3) is 12.3. The van der Waals surface area contributed by atoms with Crippen molar-refractivity contribution in [3.63, 3.8) is 0 Å². The van der Waals surface area contributed by atoms with Crippen molar-refractivity contribution in [1.82, 2.24) is 0 Å². The number of para-hydroxylation sites is 3. The highest BCUT2D eigenvalue weighted by Gasteiger charge is 2.34. The Morgan fingerprint density at radius 2 is 0.679 bits per heavy atom. The molecule has 0 aliphatic rings. The Hall–Kier alpha value is -4.91. The maximum atomic E-state index is 13.7. The van der Waals surface area contributed by atoms with Crippen molar-refractivity contribution in [1.29, 1.82) is 0 Å². The molecular weight excluding hydrogens is 747 g/mol. The van der Waals surface area contributed by atoms with Gasteiger partial charge in [-0.25, -0.2) is 13.7 Å². The summed E-state index contributed by atoms with van der Waals surface area (Å²) in [4.78, 5) is 0. The lowest BCUT2D eigenvalue weighted by Gasteiger charge is -2.21. The van der Waals surface area contributed by atoms with E-state index in [2.05, 4.69) is 0 Å². The van der Waals surface area contributed by atoms with Gasteiger partial charge in [0.25, 0.3) is 0 Å². The quantitative estimate of drug-likeness (QED) is 0.0384. The molecule has 0 radical (unpaired) electrons. The zero-order valence-corrected chi connectivity index (χ0v) is 30.6. The summed E-state index contributed by atoms with van der Waals surface area (Å²) in [6.45, 7) is -1.40. The number of rotatable bonds is 20. The Morgan fingerprint density at radius 1 is 0.377 bits per heavy atom. The number of hydrogen-bond acceptors (Lipinski definition) is 15. The number of hydrogen-bond donors (Lipinski definition) is 3. The van der Waals surface area contributed by atoms with Gasteiger partial charge in [-0.2, -0.15) is 0 Å². The highest BCUT2D eigenvalue weighted by Crippen LogP contribution is 2.53. The third-order valence-corrected chi connectivity index (χ3v) is 10.5. The van der Waals surface area contributed by atoms with E-state index in [0.29, 0.717) is 11.1 Å². The standard InChI is InChI=1S/C35H36N3O12P3/c36-25-42-51(39,45-30-10-4-1-5-11-30)48-33-20-18-28(19-21-33)16-17-29-22-34(49-52(40,43-26-37)46-31-12-6-2-7-13-31)24-35(23-29)50-53(41,44-27-38)47-32-14-8-3-9-15-32/h1-24H,25-27,36-38H2/b17-16+. The lowest BCUT2D eigenvalue weighted by Crippen LogP contribution is -2.11. The summed E-state index contributed by atoms with van der Waals surface area (Å²) in [6.07, 6.45) is 3.35. The van der Waals surface area contributed by atoms with E-state index in [0.717, 1.165) is 0 Å². The van der Waals surface area contributed by atoms with Gasteiger partial charge < -0.3 is 44.3 Å². The van der Waals surface area contributed by atoms with E-state index < -0.39 is 43.7 Å². The maximum absolute atomic E-state index is 13.7. The summed E-state index contributed by atoms with van der Waals surface area (Å²) in [5, 5.41) is 0. The Kier molecular flexibility index (Phi) is 13.9. The van der Waals surface area contributed by atoms with Crippen LogP contribution in [0.25, 0.3) is 12.2 Å². The van der Waals surface area contributed by atoms with Crippen LogP contribution in [0.2, 0.25) is 0 Å². The minimum Gasteiger partial charge on any atom is -0.395 e. The van der Waals surface area contributed by atoms with Crippen molar-refractivity contribution >= 4 is 35.6 Å². The van der Waals surface area contributed by atoms with E-state index in [1.165, 1.54) is 18.2 Å². The molecule has 15 nitrogen and oxygen atoms in total. The summed E-state index contributed by atoms with van der Waals surface area (Å²) in [5.41, 5.74) is 17.7. The molecule has 0 saturated heterocycles. The van der Waals surface area contributed by atoms with Crippen LogP contribution in [0.1, 0.15) is 11.1 Å². The van der Waals surface area contributed by atoms with Crippen molar-refractivity contribution < 1.29 is 54.4 Å². The molecule has 0 spiro atoms. The molecule has 0 aromatic heterocycles. The zero-order chi connectivity index (χ0) is 37.6. The van der Waals surface area contributed by atoms with Crippen molar-refractivity contribution in [2.75, 3.05) is 20.2 Å². The van der Waals surface area contributed by atoms with E-state index in [1.54, 1.807) is 127 Å². The molecule has 5 aromatic rings. The fourth-order valence-corrected chi connectivity index (χ4v) is 7.56. The molecule has 0 aliphatic heterocycles. The molecule has 0 bridgehead atoms. The molecule has 5 aromatic carbocycles. The van der Waals surface area contributed by atoms with Crippen LogP contribution in [-0.4, -0.2) is 20.2 Å². The molecule has 3 atom stereocenters. The molecule has 0 saturated carbocycles. The Bertz CT molecular complexity index is 1990. The van der Waals surface area contributed by atoms with E-state index in [-0.39, 0.29) is 34.5 Å². The first-order chi connectivity index (χ1) is 25.6. The third-order valence-electron chi connectivity index (χ3n) is 6.48. The molecule has 0 heterocycles. The monoisotopic (exact) mass is 783 g/mol. The summed E-state index contributed by atoms with van der Waals surface area (Å²) < 4.78 is 89.8. The second kappa shape index (κ2) is 18.7. The summed E-state index contributed by atoms with van der Waals surface area (Å²) in [7, 11) is -12.9. The molecule has 18 heteroatoms. The van der Waals surface area contributed by atoms with Crippen LogP contribution in [0.5, 0.6) is 34.5 Å². The molecule has 278 valence electrons. The highest BCUT2D eigenvalue weighted by atomic mass is 31.2. The molecule has 6 N–H and O–H groups in total. The maximum Gasteiger partial charge on any atom is 0.588 e. The van der Waals surface area contributed by atoms with Crippen LogP contribution in [0.15, 0.2) is 133 Å². The van der Waals surface area contributed by atoms with Crippen LogP contribution >= 0.6 is 23.5 Å². The van der Waals surface area contributed by atoms with Gasteiger partial charge in [-0.3, -0.25) is 13.6 Å². The first-order valence-electron chi connectivity index (χ1n) is 15.7. The second-order valence-corrected chi connectivity index (χ2v) is 14.9. The fraction of sp³-hybridized carbons (Fsp3) is 0.0857. The number of phosphoric ester groups is 3. The van der Waals surface area contributed by atoms with E-state index >= 15 is 0 Å². The molecule has 0 amide bonds. The summed E-state index contributed by atoms with van der Waals surface area (Å²) >= 11 is 0. The van der Waals surface area contributed by atoms with Gasteiger partial charge in [0.1, 0.15) is 54.7 Å². The van der Waals surface area contributed by atoms with Crippen molar-refractivity contribution in [3.8, 4) is 34.5 Å². The molecule has 53 heavy (non-hydrogen) atoms. The van der Waals surface area contributed by atoms with Crippen LogP contribution in [-0.2, 0) is 27.3 Å². The van der Waals surface area contributed by atoms with Crippen LogP contribution in [0.3, 0.4) is 0 Å². The van der Waals surface area contributed by atoms with Crippen LogP contribution in [0.4, 0.5) is 0 Å². The van der Waals surface area contributed by atoms with Crippen molar-refractivity contribution in [2.45, 2.75) is 0 Å². The van der Waals surface area contributed by atoms with Gasteiger partial charge in [0.15, 0.2) is 0 Å². The first-order valence-corrected chi connectivity index (χ1v) is 20.1. The van der Waals surface area contributed by atoms with Crippen molar-refractivity contribution in [2.24, 2.45) is 17.2 Å². The second-order valence-electron chi connectivity index (χ2n) is 10.4. The normalized spacial score (nSPS) is 14.6. The Labute approximate surface area is 305 Å². The highest BCUT2D eigenvalue weighted by molar-refractivity contribution is 7.50. The largest absolute Gasteiger partial charge is 0.588 e. The molecule has 3 unspecified atom stereocenters. The minimum absolute atomic E-state index is 0.0771. The van der Waals surface area contributed by atoms with Gasteiger partial charge in [0, 0.05) is 6.07 Å². The topological polar surface area (TPSA) is 212 Å². The number of benzene rings is 5. The Balaban J connectivity index is 1.42. The van der Waals surface area contributed by atoms with Crippen LogP contribution in [0, 0.1) is 0 Å². The first kappa shape index (κ1) is 39.3. The van der Waals surface area contributed by atoms with Gasteiger partial charge in [-0.15, -0.1) is 0 Å². The SMILES string of the molecule is NCOP(=O)(Oc1ccccc1)Oc1ccc(/C=C/c2cc(OP(=O)(OCN)Oc3ccccc3)cc(OP(=O)(OCN)Oc3ccccc3)c2)cc1. The number of nitrogens with two attached hydrogens (primary N) is 3. The van der Waals surface area contributed by atoms with Crippen LogP contribution < -0.4 is 44.3 Å². The zero-order valence-electron chi connectivity index (χ0n) is 28.0. The average Bonchev–Trinajstić information content (AvgIpc) is 3.12. The predicted octanol–water partition coefficient (Wildman–Crippen LogP) is 8.35. The van der Waals surface area contributed by atoms with Gasteiger partial charge in [-0.05, 0) is 71.8 Å². The Morgan fingerprint density at radius 3 is 1.02 bits per heavy atom. The molecule has 0 fully saturated rings. The lowest BCUT2D eigenvalue weighted by atomic mass is 10.1. The van der Waals surface area contributed by atoms with E-state index in [4.69, 9.17) is 57.9 Å². The van der Waals surface area contributed by atoms with E-state index in [1.807, 2.05) is 0 Å². The van der Waals surface area contributed by atoms with Crippen molar-refractivity contribution in [3.05, 3.63) is 145 Å². The van der Waals surface area contributed by atoms with Gasteiger partial charge >= 0.3 is 23.5 Å². The van der Waals surface area contributed by atoms with E-state index in [9.17, 15) is 13.7 Å². The average molecular weight is 784 g/mol. The molecular formula is C35H36N3O12P3.